The van der Waals surface area contributed by atoms with E-state index in [1.807, 2.05) is 18.2 Å². The Labute approximate surface area is 68.4 Å². The number of fused-ring (bicyclic) bond motifs is 3. The standard InChI is InChI=1S/C10H7NO/c1-2-4-8-7(3-1)9-5-6-12-11-10(8)9/h1-6,11H. The monoisotopic (exact) mass is 157 g/mol. The van der Waals surface area contributed by atoms with Gasteiger partial charge in [0, 0.05) is 10.6 Å². The molecule has 0 unspecified atom stereocenters. The summed E-state index contributed by atoms with van der Waals surface area (Å²) in [5.74, 6) is 0. The van der Waals surface area contributed by atoms with Gasteiger partial charge in [-0.25, -0.2) is 5.16 Å². The van der Waals surface area contributed by atoms with Crippen molar-refractivity contribution in [1.29, 1.82) is 0 Å². The molecule has 0 saturated heterocycles. The second kappa shape index (κ2) is 1.91. The number of nitrogens with one attached hydrogen (secondary N) is 1. The molecule has 1 aliphatic heterocycles. The maximum Gasteiger partial charge on any atom is 0.119 e. The first kappa shape index (κ1) is 5.89. The number of hydrogen-bond acceptors (Lipinski definition) is 1. The molecule has 0 spiro atoms. The molecule has 1 aromatic rings. The highest BCUT2D eigenvalue weighted by Gasteiger charge is 2.03. The van der Waals surface area contributed by atoms with Gasteiger partial charge in [0.25, 0.3) is 0 Å². The summed E-state index contributed by atoms with van der Waals surface area (Å²) in [5, 5.41) is 7.77. The van der Waals surface area contributed by atoms with Gasteiger partial charge in [-0.1, -0.05) is 24.3 Å². The zero-order valence-electron chi connectivity index (χ0n) is 6.37. The van der Waals surface area contributed by atoms with Gasteiger partial charge >= 0.3 is 0 Å². The third-order valence-electron chi connectivity index (χ3n) is 2.22. The van der Waals surface area contributed by atoms with E-state index < -0.39 is 0 Å². The van der Waals surface area contributed by atoms with Crippen molar-refractivity contribution in [3.8, 4) is 0 Å². The summed E-state index contributed by atoms with van der Waals surface area (Å²) >= 11 is 0. The molecule has 0 amide bonds. The largest absolute Gasteiger partial charge is 0.390 e. The fraction of sp³-hybridized carbons (Fsp3) is 0. The molecular formula is C10H7NO. The van der Waals surface area contributed by atoms with Crippen LogP contribution >= 0.6 is 0 Å². The molecule has 0 atom stereocenters. The lowest BCUT2D eigenvalue weighted by molar-refractivity contribution is 0.393. The number of H-pyrrole nitrogens is 1. The SMILES string of the molecule is c1ccc2c3[nH]occc=3c2c1. The van der Waals surface area contributed by atoms with Crippen molar-refractivity contribution in [3.05, 3.63) is 47.2 Å². The Morgan fingerprint density at radius 3 is 2.75 bits per heavy atom. The van der Waals surface area contributed by atoms with E-state index in [2.05, 4.69) is 17.3 Å². The predicted molar refractivity (Wildman–Crippen MR) is 45.9 cm³/mol. The number of rotatable bonds is 0. The summed E-state index contributed by atoms with van der Waals surface area (Å²) < 4.78 is 4.97. The molecular weight excluding hydrogens is 150 g/mol. The molecule has 0 radical (unpaired) electrons. The molecule has 58 valence electrons. The summed E-state index contributed by atoms with van der Waals surface area (Å²) in [4.78, 5) is 0. The quantitative estimate of drug-likeness (QED) is 0.533. The van der Waals surface area contributed by atoms with Crippen molar-refractivity contribution in [2.75, 3.05) is 0 Å². The van der Waals surface area contributed by atoms with Crippen LogP contribution in [0.4, 0.5) is 0 Å². The van der Waals surface area contributed by atoms with Crippen LogP contribution in [0, 0.1) is 10.6 Å². The zero-order valence-corrected chi connectivity index (χ0v) is 6.37. The topological polar surface area (TPSA) is 28.9 Å². The van der Waals surface area contributed by atoms with Gasteiger partial charge < -0.3 is 4.52 Å². The van der Waals surface area contributed by atoms with E-state index in [4.69, 9.17) is 4.52 Å². The Balaban J connectivity index is 2.69. The van der Waals surface area contributed by atoms with Crippen LogP contribution in [0.5, 0.6) is 0 Å². The van der Waals surface area contributed by atoms with Gasteiger partial charge in [-0.3, -0.25) is 0 Å². The minimum absolute atomic E-state index is 1.10. The minimum Gasteiger partial charge on any atom is -0.390 e. The van der Waals surface area contributed by atoms with Crippen LogP contribution < -0.4 is 0 Å². The summed E-state index contributed by atoms with van der Waals surface area (Å²) in [5.41, 5.74) is 0. The number of hydrogen-bond donors (Lipinski definition) is 1. The molecule has 2 aliphatic rings. The summed E-state index contributed by atoms with van der Waals surface area (Å²) in [6, 6.07) is 10.3. The smallest absolute Gasteiger partial charge is 0.119 e. The van der Waals surface area contributed by atoms with Crippen molar-refractivity contribution in [1.82, 2.24) is 5.16 Å². The maximum absolute atomic E-state index is 4.97. The molecule has 1 aromatic carbocycles. The lowest BCUT2D eigenvalue weighted by Gasteiger charge is -2.05. The van der Waals surface area contributed by atoms with Gasteiger partial charge in [0.2, 0.25) is 0 Å². The Bertz CT molecular complexity index is 524. The zero-order chi connectivity index (χ0) is 7.97. The molecule has 0 aromatic heterocycles. The van der Waals surface area contributed by atoms with E-state index >= 15 is 0 Å². The Kier molecular flexibility index (Phi) is 0.939. The molecule has 2 nitrogen and oxygen atoms in total. The van der Waals surface area contributed by atoms with E-state index in [1.165, 1.54) is 16.0 Å². The van der Waals surface area contributed by atoms with Crippen LogP contribution in [0.25, 0.3) is 10.8 Å². The fourth-order valence-electron chi connectivity index (χ4n) is 1.63. The molecule has 3 rings (SSSR count). The van der Waals surface area contributed by atoms with Gasteiger partial charge in [0.05, 0.1) is 5.35 Å². The predicted octanol–water partition coefficient (Wildman–Crippen LogP) is 2.49. The molecule has 0 saturated carbocycles. The number of aromatic amines is 1. The first-order valence-corrected chi connectivity index (χ1v) is 3.89. The minimum atomic E-state index is 1.10. The molecule has 2 heteroatoms. The molecule has 1 N–H and O–H groups in total. The molecule has 0 bridgehead atoms. The van der Waals surface area contributed by atoms with Gasteiger partial charge in [-0.15, -0.1) is 0 Å². The highest BCUT2D eigenvalue weighted by atomic mass is 16.4. The van der Waals surface area contributed by atoms with E-state index in [0.717, 1.165) is 5.35 Å². The average molecular weight is 157 g/mol. The lowest BCUT2D eigenvalue weighted by atomic mass is 10.0. The van der Waals surface area contributed by atoms with Crippen molar-refractivity contribution >= 4 is 10.8 Å². The van der Waals surface area contributed by atoms with Crippen molar-refractivity contribution in [3.63, 3.8) is 0 Å². The Morgan fingerprint density at radius 2 is 1.83 bits per heavy atom. The third kappa shape index (κ3) is 0.552. The lowest BCUT2D eigenvalue weighted by Crippen LogP contribution is -1.89. The van der Waals surface area contributed by atoms with Crippen molar-refractivity contribution in [2.45, 2.75) is 0 Å². The first-order valence-electron chi connectivity index (χ1n) is 3.89. The molecule has 12 heavy (non-hydrogen) atoms. The van der Waals surface area contributed by atoms with Gasteiger partial charge in [-0.2, -0.15) is 0 Å². The van der Waals surface area contributed by atoms with Gasteiger partial charge in [-0.05, 0) is 11.5 Å². The number of aromatic nitrogens is 1. The fourth-order valence-corrected chi connectivity index (χ4v) is 1.63. The first-order chi connectivity index (χ1) is 5.97. The Morgan fingerprint density at radius 1 is 1.00 bits per heavy atom. The van der Waals surface area contributed by atoms with E-state index in [9.17, 15) is 0 Å². The molecule has 1 heterocycles. The third-order valence-corrected chi connectivity index (χ3v) is 2.22. The van der Waals surface area contributed by atoms with Gasteiger partial charge in [0.15, 0.2) is 0 Å². The van der Waals surface area contributed by atoms with Crippen LogP contribution in [0.2, 0.25) is 0 Å². The number of benzene rings is 1. The van der Waals surface area contributed by atoms with Crippen LogP contribution in [0.1, 0.15) is 0 Å². The van der Waals surface area contributed by atoms with Crippen molar-refractivity contribution in [2.24, 2.45) is 0 Å². The summed E-state index contributed by atoms with van der Waals surface area (Å²) in [6.45, 7) is 0. The second-order valence-electron chi connectivity index (χ2n) is 2.86. The summed E-state index contributed by atoms with van der Waals surface area (Å²) in [7, 11) is 0. The van der Waals surface area contributed by atoms with Crippen LogP contribution in [-0.4, -0.2) is 5.16 Å². The van der Waals surface area contributed by atoms with Gasteiger partial charge in [0.1, 0.15) is 6.26 Å². The molecule has 1 aliphatic carbocycles. The van der Waals surface area contributed by atoms with E-state index in [1.54, 1.807) is 6.26 Å². The van der Waals surface area contributed by atoms with Crippen molar-refractivity contribution < 1.29 is 4.52 Å². The van der Waals surface area contributed by atoms with E-state index in [0.29, 0.717) is 0 Å². The van der Waals surface area contributed by atoms with E-state index in [-0.39, 0.29) is 0 Å². The van der Waals surface area contributed by atoms with Crippen LogP contribution in [0.15, 0.2) is 41.1 Å². The highest BCUT2D eigenvalue weighted by Crippen LogP contribution is 2.21. The highest BCUT2D eigenvalue weighted by molar-refractivity contribution is 5.88. The summed E-state index contributed by atoms with van der Waals surface area (Å²) in [6.07, 6.45) is 1.66. The second-order valence-corrected chi connectivity index (χ2v) is 2.86. The molecule has 0 fully saturated rings. The Hall–Kier alpha value is -1.70. The normalized spacial score (nSPS) is 11.3. The van der Waals surface area contributed by atoms with Crippen LogP contribution in [-0.2, 0) is 0 Å². The van der Waals surface area contributed by atoms with Crippen LogP contribution in [0.3, 0.4) is 0 Å². The maximum atomic E-state index is 4.97. The average Bonchev–Trinajstić information content (AvgIpc) is 2.14.